The number of fused-ring (bicyclic) bond motifs is 1. The molecule has 0 aliphatic carbocycles. The third-order valence-corrected chi connectivity index (χ3v) is 4.91. The summed E-state index contributed by atoms with van der Waals surface area (Å²) in [4.78, 5) is 12.8. The summed E-state index contributed by atoms with van der Waals surface area (Å²) in [6.45, 7) is 5.01. The molecule has 0 aliphatic heterocycles. The van der Waals surface area contributed by atoms with E-state index in [1.54, 1.807) is 7.11 Å². The van der Waals surface area contributed by atoms with Crippen molar-refractivity contribution in [2.45, 2.75) is 65.2 Å². The number of unbranched alkanes of at least 4 members (excludes halogenated alkanes) is 6. The van der Waals surface area contributed by atoms with Crippen LogP contribution >= 0.6 is 0 Å². The quantitative estimate of drug-likeness (QED) is 0.349. The van der Waals surface area contributed by atoms with E-state index in [2.05, 4.69) is 37.3 Å². The molecule has 0 amide bonds. The lowest BCUT2D eigenvalue weighted by atomic mass is 9.93. The summed E-state index contributed by atoms with van der Waals surface area (Å²) in [7, 11) is 1.76. The number of hydrogen-bond donors (Lipinski definition) is 0. The van der Waals surface area contributed by atoms with Crippen molar-refractivity contribution in [2.24, 2.45) is 0 Å². The number of methoxy groups -OCH3 is 1. The second-order valence-electron chi connectivity index (χ2n) is 7.12. The van der Waals surface area contributed by atoms with E-state index in [1.165, 1.54) is 36.6 Å². The predicted octanol–water partition coefficient (Wildman–Crippen LogP) is 6.41. The van der Waals surface area contributed by atoms with Gasteiger partial charge in [-0.05, 0) is 43.0 Å². The number of benzene rings is 2. The summed E-state index contributed by atoms with van der Waals surface area (Å²) in [5, 5.41) is 2.28. The van der Waals surface area contributed by atoms with Crippen molar-refractivity contribution in [2.75, 3.05) is 13.7 Å². The van der Waals surface area contributed by atoms with Crippen LogP contribution in [0.3, 0.4) is 0 Å². The van der Waals surface area contributed by atoms with Gasteiger partial charge < -0.3 is 4.74 Å². The van der Waals surface area contributed by atoms with E-state index in [1.807, 2.05) is 6.92 Å². The third-order valence-electron chi connectivity index (χ3n) is 4.91. The van der Waals surface area contributed by atoms with Crippen LogP contribution in [0, 0.1) is 13.8 Å². The van der Waals surface area contributed by atoms with Gasteiger partial charge in [0.05, 0.1) is 0 Å². The van der Waals surface area contributed by atoms with E-state index in [4.69, 9.17) is 4.74 Å². The molecule has 2 aromatic carbocycles. The fraction of sp³-hybridized carbons (Fsp3) is 0.522. The summed E-state index contributed by atoms with van der Waals surface area (Å²) in [5.41, 5.74) is 3.26. The third kappa shape index (κ3) is 5.97. The molecule has 0 heterocycles. The summed E-state index contributed by atoms with van der Waals surface area (Å²) in [5.74, 6) is 0.298. The molecule has 0 aromatic heterocycles. The number of ether oxygens (including phenoxy) is 1. The highest BCUT2D eigenvalue weighted by Crippen LogP contribution is 2.25. The van der Waals surface area contributed by atoms with Crippen LogP contribution in [0.2, 0.25) is 0 Å². The van der Waals surface area contributed by atoms with Crippen molar-refractivity contribution in [3.05, 3.63) is 47.0 Å². The molecule has 0 radical (unpaired) electrons. The van der Waals surface area contributed by atoms with Crippen LogP contribution < -0.4 is 0 Å². The minimum Gasteiger partial charge on any atom is -0.385 e. The smallest absolute Gasteiger partial charge is 0.163 e. The number of rotatable bonds is 11. The summed E-state index contributed by atoms with van der Waals surface area (Å²) in [6, 6.07) is 10.6. The molecule has 0 saturated heterocycles. The van der Waals surface area contributed by atoms with Gasteiger partial charge in [0, 0.05) is 25.7 Å². The van der Waals surface area contributed by atoms with Gasteiger partial charge in [-0.3, -0.25) is 4.79 Å². The molecule has 25 heavy (non-hydrogen) atoms. The summed E-state index contributed by atoms with van der Waals surface area (Å²) >= 11 is 0. The molecule has 0 atom stereocenters. The Morgan fingerprint density at radius 2 is 1.56 bits per heavy atom. The van der Waals surface area contributed by atoms with Crippen molar-refractivity contribution in [3.63, 3.8) is 0 Å². The molecule has 0 N–H and O–H groups in total. The summed E-state index contributed by atoms with van der Waals surface area (Å²) in [6.07, 6.45) is 9.00. The number of hydrogen-bond acceptors (Lipinski definition) is 2. The van der Waals surface area contributed by atoms with Crippen LogP contribution in [0.1, 0.15) is 72.9 Å². The topological polar surface area (TPSA) is 26.3 Å². The maximum atomic E-state index is 12.8. The number of aryl methyl sites for hydroxylation is 2. The Balaban J connectivity index is 1.81. The van der Waals surface area contributed by atoms with Gasteiger partial charge in [-0.1, -0.05) is 68.0 Å². The lowest BCUT2D eigenvalue weighted by molar-refractivity contribution is 0.0980. The Hall–Kier alpha value is -1.67. The standard InChI is InChI=1S/C23H32O2/c1-18-12-15-21-20(17-18)14-13-19(2)23(21)22(24)11-9-7-5-4-6-8-10-16-25-3/h12-15,17H,4-11,16H2,1-3H3. The first-order valence-electron chi connectivity index (χ1n) is 9.65. The van der Waals surface area contributed by atoms with Gasteiger partial charge in [0.15, 0.2) is 5.78 Å². The highest BCUT2D eigenvalue weighted by atomic mass is 16.5. The predicted molar refractivity (Wildman–Crippen MR) is 107 cm³/mol. The molecule has 0 spiro atoms. The van der Waals surface area contributed by atoms with Gasteiger partial charge in [0.1, 0.15) is 0 Å². The average molecular weight is 341 g/mol. The molecular weight excluding hydrogens is 308 g/mol. The fourth-order valence-electron chi connectivity index (χ4n) is 3.47. The zero-order valence-electron chi connectivity index (χ0n) is 16.1. The van der Waals surface area contributed by atoms with Gasteiger partial charge >= 0.3 is 0 Å². The average Bonchev–Trinajstić information content (AvgIpc) is 2.60. The SMILES string of the molecule is COCCCCCCCCCC(=O)c1c(C)ccc2cc(C)ccc12. The summed E-state index contributed by atoms with van der Waals surface area (Å²) < 4.78 is 5.06. The largest absolute Gasteiger partial charge is 0.385 e. The molecule has 2 aromatic rings. The molecule has 0 aliphatic rings. The zero-order chi connectivity index (χ0) is 18.1. The molecular formula is C23H32O2. The van der Waals surface area contributed by atoms with E-state index < -0.39 is 0 Å². The van der Waals surface area contributed by atoms with Crippen LogP contribution in [0.5, 0.6) is 0 Å². The maximum absolute atomic E-state index is 12.8. The molecule has 2 rings (SSSR count). The first-order chi connectivity index (χ1) is 12.1. The maximum Gasteiger partial charge on any atom is 0.163 e. The lowest BCUT2D eigenvalue weighted by Crippen LogP contribution is -2.03. The van der Waals surface area contributed by atoms with E-state index in [0.29, 0.717) is 12.2 Å². The Kier molecular flexibility index (Phi) is 8.14. The van der Waals surface area contributed by atoms with Crippen molar-refractivity contribution >= 4 is 16.6 Å². The monoisotopic (exact) mass is 340 g/mol. The molecule has 0 saturated carbocycles. The first kappa shape index (κ1) is 19.7. The normalized spacial score (nSPS) is 11.2. The van der Waals surface area contributed by atoms with Crippen molar-refractivity contribution in [1.29, 1.82) is 0 Å². The molecule has 2 nitrogen and oxygen atoms in total. The van der Waals surface area contributed by atoms with E-state index in [9.17, 15) is 4.79 Å². The van der Waals surface area contributed by atoms with Crippen LogP contribution in [-0.4, -0.2) is 19.5 Å². The van der Waals surface area contributed by atoms with Gasteiger partial charge in [-0.15, -0.1) is 0 Å². The number of carbonyl (C=O) groups is 1. The van der Waals surface area contributed by atoms with E-state index in [0.717, 1.165) is 42.4 Å². The molecule has 0 bridgehead atoms. The van der Waals surface area contributed by atoms with Crippen LogP contribution in [0.4, 0.5) is 0 Å². The number of Topliss-reactive ketones (excluding diaryl/α,β-unsaturated/α-hetero) is 1. The van der Waals surface area contributed by atoms with Crippen LogP contribution in [0.15, 0.2) is 30.3 Å². The second-order valence-corrected chi connectivity index (χ2v) is 7.12. The van der Waals surface area contributed by atoms with Crippen LogP contribution in [-0.2, 0) is 4.74 Å². The Bertz CT molecular complexity index is 688. The fourth-order valence-corrected chi connectivity index (χ4v) is 3.47. The Labute approximate surface area is 152 Å². The minimum absolute atomic E-state index is 0.298. The van der Waals surface area contributed by atoms with E-state index >= 15 is 0 Å². The molecule has 0 fully saturated rings. The Morgan fingerprint density at radius 3 is 2.28 bits per heavy atom. The van der Waals surface area contributed by atoms with Gasteiger partial charge in [-0.25, -0.2) is 0 Å². The second kappa shape index (κ2) is 10.4. The van der Waals surface area contributed by atoms with Gasteiger partial charge in [0.25, 0.3) is 0 Å². The molecule has 0 unspecified atom stereocenters. The van der Waals surface area contributed by atoms with Crippen molar-refractivity contribution in [3.8, 4) is 0 Å². The lowest BCUT2D eigenvalue weighted by Gasteiger charge is -2.10. The first-order valence-corrected chi connectivity index (χ1v) is 9.65. The van der Waals surface area contributed by atoms with Crippen LogP contribution in [0.25, 0.3) is 10.8 Å². The minimum atomic E-state index is 0.298. The van der Waals surface area contributed by atoms with Gasteiger partial charge in [0.2, 0.25) is 0 Å². The highest BCUT2D eigenvalue weighted by molar-refractivity contribution is 6.09. The highest BCUT2D eigenvalue weighted by Gasteiger charge is 2.13. The number of carbonyl (C=O) groups excluding carboxylic acids is 1. The Morgan fingerprint density at radius 1 is 0.880 bits per heavy atom. The van der Waals surface area contributed by atoms with Gasteiger partial charge in [-0.2, -0.15) is 0 Å². The molecule has 136 valence electrons. The number of ketones is 1. The van der Waals surface area contributed by atoms with Crippen molar-refractivity contribution in [1.82, 2.24) is 0 Å². The van der Waals surface area contributed by atoms with E-state index in [-0.39, 0.29) is 0 Å². The molecule has 2 heteroatoms. The zero-order valence-corrected chi connectivity index (χ0v) is 16.1. The van der Waals surface area contributed by atoms with Crippen molar-refractivity contribution < 1.29 is 9.53 Å².